The van der Waals surface area contributed by atoms with Gasteiger partial charge in [0.25, 0.3) is 0 Å². The summed E-state index contributed by atoms with van der Waals surface area (Å²) in [5.41, 5.74) is 3.55. The number of thioether (sulfide) groups is 1. The van der Waals surface area contributed by atoms with Gasteiger partial charge in [0.05, 0.1) is 5.69 Å². The molecule has 0 saturated heterocycles. The first-order chi connectivity index (χ1) is 8.28. The van der Waals surface area contributed by atoms with Crippen LogP contribution in [0.4, 0.5) is 5.82 Å². The Morgan fingerprint density at radius 3 is 2.82 bits per heavy atom. The molecule has 0 saturated carbocycles. The van der Waals surface area contributed by atoms with Crippen molar-refractivity contribution in [3.8, 4) is 0 Å². The fourth-order valence-corrected chi connectivity index (χ4v) is 2.77. The van der Waals surface area contributed by atoms with Crippen LogP contribution in [-0.2, 0) is 5.75 Å². The molecule has 17 heavy (non-hydrogen) atoms. The first-order valence-electron chi connectivity index (χ1n) is 5.09. The predicted molar refractivity (Wildman–Crippen MR) is 75.8 cm³/mol. The smallest absolute Gasteiger partial charge is 0.140 e. The average molecular weight is 310 g/mol. The van der Waals surface area contributed by atoms with Crippen molar-refractivity contribution in [2.45, 2.75) is 10.6 Å². The van der Waals surface area contributed by atoms with E-state index in [1.54, 1.807) is 11.8 Å². The maximum absolute atomic E-state index is 5.32. The maximum atomic E-state index is 5.32. The van der Waals surface area contributed by atoms with Crippen molar-refractivity contribution in [1.29, 1.82) is 0 Å². The second-order valence-corrected chi connectivity index (χ2v) is 5.37. The van der Waals surface area contributed by atoms with Crippen molar-refractivity contribution in [3.63, 3.8) is 0 Å². The molecule has 2 aromatic rings. The molecule has 0 aliphatic heterocycles. The summed E-state index contributed by atoms with van der Waals surface area (Å²) in [6, 6.07) is 14.0. The number of nitrogens with zero attached hydrogens (tertiary/aromatic N) is 1. The second kappa shape index (κ2) is 6.05. The van der Waals surface area contributed by atoms with Gasteiger partial charge in [0.2, 0.25) is 0 Å². The summed E-state index contributed by atoms with van der Waals surface area (Å²) in [5, 5.41) is 0. The molecule has 0 fully saturated rings. The molecule has 0 bridgehead atoms. The number of anilines is 1. The van der Waals surface area contributed by atoms with Gasteiger partial charge < -0.3 is 5.43 Å². The Morgan fingerprint density at radius 1 is 1.24 bits per heavy atom. The van der Waals surface area contributed by atoms with Gasteiger partial charge in [-0.05, 0) is 30.3 Å². The van der Waals surface area contributed by atoms with E-state index in [0.29, 0.717) is 5.82 Å². The summed E-state index contributed by atoms with van der Waals surface area (Å²) in [5.74, 6) is 6.84. The molecular formula is C12H12BrN3S. The number of halogens is 1. The van der Waals surface area contributed by atoms with Crippen LogP contribution in [0.15, 0.2) is 51.8 Å². The zero-order valence-electron chi connectivity index (χ0n) is 9.06. The highest BCUT2D eigenvalue weighted by molar-refractivity contribution is 9.10. The number of pyridine rings is 1. The molecular weight excluding hydrogens is 298 g/mol. The van der Waals surface area contributed by atoms with Gasteiger partial charge in [-0.25, -0.2) is 10.8 Å². The van der Waals surface area contributed by atoms with E-state index in [0.717, 1.165) is 15.9 Å². The van der Waals surface area contributed by atoms with E-state index in [4.69, 9.17) is 5.84 Å². The highest BCUT2D eigenvalue weighted by Gasteiger charge is 1.99. The van der Waals surface area contributed by atoms with Gasteiger partial charge in [-0.2, -0.15) is 0 Å². The minimum absolute atomic E-state index is 0.692. The van der Waals surface area contributed by atoms with Crippen molar-refractivity contribution in [2.75, 3.05) is 5.43 Å². The highest BCUT2D eigenvalue weighted by atomic mass is 79.9. The molecule has 1 aromatic carbocycles. The lowest BCUT2D eigenvalue weighted by Gasteiger charge is -2.04. The zero-order valence-corrected chi connectivity index (χ0v) is 11.5. The molecule has 1 aromatic heterocycles. The lowest BCUT2D eigenvalue weighted by atomic mass is 10.4. The number of hydrogen-bond donors (Lipinski definition) is 2. The van der Waals surface area contributed by atoms with E-state index in [1.165, 1.54) is 4.90 Å². The molecule has 5 heteroatoms. The number of aromatic nitrogens is 1. The van der Waals surface area contributed by atoms with Gasteiger partial charge in [-0.15, -0.1) is 11.8 Å². The van der Waals surface area contributed by atoms with Crippen molar-refractivity contribution >= 4 is 33.5 Å². The Balaban J connectivity index is 2.02. The number of nitrogen functional groups attached to an aromatic ring is 1. The van der Waals surface area contributed by atoms with Gasteiger partial charge in [0, 0.05) is 15.1 Å². The lowest BCUT2D eigenvalue weighted by molar-refractivity contribution is 1.14. The van der Waals surface area contributed by atoms with E-state index in [9.17, 15) is 0 Å². The summed E-state index contributed by atoms with van der Waals surface area (Å²) >= 11 is 5.20. The monoisotopic (exact) mass is 309 g/mol. The van der Waals surface area contributed by atoms with E-state index in [-0.39, 0.29) is 0 Å². The zero-order chi connectivity index (χ0) is 12.1. The van der Waals surface area contributed by atoms with Gasteiger partial charge in [0.1, 0.15) is 5.82 Å². The molecule has 88 valence electrons. The average Bonchev–Trinajstić information content (AvgIpc) is 2.37. The first kappa shape index (κ1) is 12.4. The Hall–Kier alpha value is -1.04. The molecule has 0 aliphatic rings. The largest absolute Gasteiger partial charge is 0.308 e. The third-order valence-electron chi connectivity index (χ3n) is 2.14. The SMILES string of the molecule is NNc1cccc(CSc2cccc(Br)c2)n1. The molecule has 0 spiro atoms. The molecule has 0 atom stereocenters. The molecule has 0 unspecified atom stereocenters. The molecule has 3 nitrogen and oxygen atoms in total. The van der Waals surface area contributed by atoms with Gasteiger partial charge in [-0.3, -0.25) is 0 Å². The fraction of sp³-hybridized carbons (Fsp3) is 0.0833. The van der Waals surface area contributed by atoms with E-state index in [1.807, 2.05) is 30.3 Å². The van der Waals surface area contributed by atoms with Crippen LogP contribution in [-0.4, -0.2) is 4.98 Å². The Bertz CT molecular complexity index is 505. The number of benzene rings is 1. The number of nitrogens with two attached hydrogens (primary N) is 1. The van der Waals surface area contributed by atoms with Crippen LogP contribution in [0.1, 0.15) is 5.69 Å². The Labute approximate surface area is 113 Å². The standard InChI is InChI=1S/C12H12BrN3S/c13-9-3-1-5-11(7-9)17-8-10-4-2-6-12(15-10)16-14/h1-7H,8,14H2,(H,15,16). The Kier molecular flexibility index (Phi) is 4.42. The third kappa shape index (κ3) is 3.73. The number of hydrazine groups is 1. The van der Waals surface area contributed by atoms with Crippen LogP contribution >= 0.6 is 27.7 Å². The molecule has 0 radical (unpaired) electrons. The Morgan fingerprint density at radius 2 is 2.06 bits per heavy atom. The lowest BCUT2D eigenvalue weighted by Crippen LogP contribution is -2.08. The van der Waals surface area contributed by atoms with Crippen LogP contribution in [0, 0.1) is 0 Å². The third-order valence-corrected chi connectivity index (χ3v) is 3.66. The minimum atomic E-state index is 0.692. The summed E-state index contributed by atoms with van der Waals surface area (Å²) < 4.78 is 1.09. The summed E-state index contributed by atoms with van der Waals surface area (Å²) in [7, 11) is 0. The number of nitrogens with one attached hydrogen (secondary N) is 1. The van der Waals surface area contributed by atoms with Gasteiger partial charge >= 0.3 is 0 Å². The van der Waals surface area contributed by atoms with Crippen LogP contribution in [0.3, 0.4) is 0 Å². The predicted octanol–water partition coefficient (Wildman–Crippen LogP) is 3.42. The first-order valence-corrected chi connectivity index (χ1v) is 6.87. The van der Waals surface area contributed by atoms with Crippen LogP contribution < -0.4 is 11.3 Å². The normalized spacial score (nSPS) is 10.2. The molecule has 1 heterocycles. The molecule has 3 N–H and O–H groups in total. The van der Waals surface area contributed by atoms with Crippen LogP contribution in [0.2, 0.25) is 0 Å². The topological polar surface area (TPSA) is 50.9 Å². The summed E-state index contributed by atoms with van der Waals surface area (Å²) in [4.78, 5) is 5.58. The van der Waals surface area contributed by atoms with Crippen LogP contribution in [0.25, 0.3) is 0 Å². The molecule has 0 amide bonds. The molecule has 2 rings (SSSR count). The summed E-state index contributed by atoms with van der Waals surface area (Å²) in [6.07, 6.45) is 0. The number of rotatable bonds is 4. The maximum Gasteiger partial charge on any atom is 0.140 e. The minimum Gasteiger partial charge on any atom is -0.308 e. The number of hydrogen-bond acceptors (Lipinski definition) is 4. The van der Waals surface area contributed by atoms with Crippen molar-refractivity contribution in [2.24, 2.45) is 5.84 Å². The quantitative estimate of drug-likeness (QED) is 0.516. The van der Waals surface area contributed by atoms with Gasteiger partial charge in [-0.1, -0.05) is 28.1 Å². The summed E-state index contributed by atoms with van der Waals surface area (Å²) in [6.45, 7) is 0. The van der Waals surface area contributed by atoms with Crippen molar-refractivity contribution in [3.05, 3.63) is 52.6 Å². The fourth-order valence-electron chi connectivity index (χ4n) is 1.35. The van der Waals surface area contributed by atoms with Crippen molar-refractivity contribution in [1.82, 2.24) is 4.98 Å². The van der Waals surface area contributed by atoms with E-state index >= 15 is 0 Å². The van der Waals surface area contributed by atoms with Gasteiger partial charge in [0.15, 0.2) is 0 Å². The molecule has 0 aliphatic carbocycles. The van der Waals surface area contributed by atoms with E-state index < -0.39 is 0 Å². The second-order valence-electron chi connectivity index (χ2n) is 3.40. The van der Waals surface area contributed by atoms with Crippen molar-refractivity contribution < 1.29 is 0 Å². The van der Waals surface area contributed by atoms with Crippen LogP contribution in [0.5, 0.6) is 0 Å². The van der Waals surface area contributed by atoms with E-state index in [2.05, 4.69) is 38.5 Å². The highest BCUT2D eigenvalue weighted by Crippen LogP contribution is 2.24.